The zero-order chi connectivity index (χ0) is 19.9. The number of amides is 3. The van der Waals surface area contributed by atoms with Crippen LogP contribution >= 0.6 is 0 Å². The van der Waals surface area contributed by atoms with E-state index in [0.29, 0.717) is 17.9 Å². The lowest BCUT2D eigenvalue weighted by Gasteiger charge is -2.34. The molecule has 0 atom stereocenters. The zero-order valence-corrected chi connectivity index (χ0v) is 14.9. The number of carbonyl (C=O) groups excluding carboxylic acids is 2. The summed E-state index contributed by atoms with van der Waals surface area (Å²) in [4.78, 5) is 26.9. The topological polar surface area (TPSA) is 71.1 Å². The van der Waals surface area contributed by atoms with Crippen molar-refractivity contribution < 1.29 is 27.8 Å². The average molecular weight is 389 g/mol. The van der Waals surface area contributed by atoms with Crippen LogP contribution in [0.3, 0.4) is 0 Å². The van der Waals surface area contributed by atoms with Crippen molar-refractivity contribution >= 4 is 29.2 Å². The highest BCUT2D eigenvalue weighted by Crippen LogP contribution is 2.38. The highest BCUT2D eigenvalue weighted by atomic mass is 19.3. The van der Waals surface area contributed by atoms with Gasteiger partial charge in [0, 0.05) is 5.69 Å². The van der Waals surface area contributed by atoms with Gasteiger partial charge in [-0.2, -0.15) is 8.78 Å². The van der Waals surface area contributed by atoms with Crippen LogP contribution in [0.15, 0.2) is 42.5 Å². The Morgan fingerprint density at radius 3 is 2.71 bits per heavy atom. The maximum atomic E-state index is 13.9. The third kappa shape index (κ3) is 3.30. The predicted molar refractivity (Wildman–Crippen MR) is 98.3 cm³/mol. The number of rotatable bonds is 2. The lowest BCUT2D eigenvalue weighted by Crippen LogP contribution is -2.49. The zero-order valence-electron chi connectivity index (χ0n) is 14.9. The molecule has 146 valence electrons. The third-order valence-corrected chi connectivity index (χ3v) is 4.51. The molecule has 9 heteroatoms. The summed E-state index contributed by atoms with van der Waals surface area (Å²) in [6.07, 6.45) is -3.96. The smallest absolute Gasteiger partial charge is 0.416 e. The number of cyclic esters (lactones) is 1. The van der Waals surface area contributed by atoms with Crippen molar-refractivity contribution in [2.75, 3.05) is 34.8 Å². The Morgan fingerprint density at radius 1 is 1.18 bits per heavy atom. The van der Waals surface area contributed by atoms with E-state index in [1.165, 1.54) is 17.0 Å². The maximum absolute atomic E-state index is 13.9. The van der Waals surface area contributed by atoms with Crippen LogP contribution in [0.5, 0.6) is 5.75 Å². The number of anilines is 3. The second-order valence-electron chi connectivity index (χ2n) is 6.49. The van der Waals surface area contributed by atoms with Gasteiger partial charge in [-0.3, -0.25) is 9.80 Å². The molecule has 28 heavy (non-hydrogen) atoms. The van der Waals surface area contributed by atoms with Gasteiger partial charge in [-0.15, -0.1) is 0 Å². The summed E-state index contributed by atoms with van der Waals surface area (Å²) < 4.78 is 37.4. The van der Waals surface area contributed by atoms with E-state index in [1.807, 2.05) is 6.92 Å². The maximum Gasteiger partial charge on any atom is 0.416 e. The minimum absolute atomic E-state index is 0.0710. The summed E-state index contributed by atoms with van der Waals surface area (Å²) in [6.45, 7) is 1.60. The monoisotopic (exact) mass is 389 g/mol. The molecule has 0 aromatic heterocycles. The van der Waals surface area contributed by atoms with Gasteiger partial charge in [0.2, 0.25) is 0 Å². The number of aryl methyl sites for hydroxylation is 1. The van der Waals surface area contributed by atoms with Crippen molar-refractivity contribution in [3.63, 3.8) is 0 Å². The highest BCUT2D eigenvalue weighted by Gasteiger charge is 2.42. The number of hydrogen-bond acceptors (Lipinski definition) is 4. The molecule has 0 bridgehead atoms. The van der Waals surface area contributed by atoms with Gasteiger partial charge in [0.1, 0.15) is 18.9 Å². The molecule has 0 aliphatic carbocycles. The molecule has 3 amide bonds. The number of urea groups is 1. The molecule has 0 unspecified atom stereocenters. The number of fused-ring (bicyclic) bond motifs is 1. The quantitative estimate of drug-likeness (QED) is 0.844. The molecule has 0 saturated carbocycles. The van der Waals surface area contributed by atoms with Gasteiger partial charge in [-0.1, -0.05) is 18.2 Å². The van der Waals surface area contributed by atoms with Crippen LogP contribution < -0.4 is 19.9 Å². The molecule has 1 fully saturated rings. The van der Waals surface area contributed by atoms with Crippen molar-refractivity contribution in [3.05, 3.63) is 48.0 Å². The summed E-state index contributed by atoms with van der Waals surface area (Å²) in [5.41, 5.74) is 2.03. The number of alkyl halides is 2. The number of nitrogens with zero attached hydrogens (tertiary/aromatic N) is 2. The van der Waals surface area contributed by atoms with Crippen LogP contribution in [0.2, 0.25) is 0 Å². The molecule has 4 rings (SSSR count). The Balaban J connectivity index is 1.60. The first kappa shape index (κ1) is 18.0. The fourth-order valence-corrected chi connectivity index (χ4v) is 3.19. The molecule has 0 spiro atoms. The van der Waals surface area contributed by atoms with E-state index < -0.39 is 24.8 Å². The second kappa shape index (κ2) is 6.66. The summed E-state index contributed by atoms with van der Waals surface area (Å²) in [6, 6.07) is 10.4. The van der Waals surface area contributed by atoms with E-state index in [1.54, 1.807) is 30.3 Å². The fourth-order valence-electron chi connectivity index (χ4n) is 3.19. The molecule has 7 nitrogen and oxygen atoms in total. The van der Waals surface area contributed by atoms with E-state index in [-0.39, 0.29) is 18.0 Å². The van der Waals surface area contributed by atoms with E-state index in [2.05, 4.69) is 10.1 Å². The highest BCUT2D eigenvalue weighted by molar-refractivity contribution is 6.03. The van der Waals surface area contributed by atoms with Gasteiger partial charge < -0.3 is 14.8 Å². The largest absolute Gasteiger partial charge is 0.447 e. The normalized spacial score (nSPS) is 17.6. The summed E-state index contributed by atoms with van der Waals surface area (Å²) >= 11 is 0. The first-order valence-electron chi connectivity index (χ1n) is 8.63. The first-order chi connectivity index (χ1) is 13.3. The molecular weight excluding hydrogens is 372 g/mol. The molecule has 1 N–H and O–H groups in total. The Hall–Kier alpha value is -3.36. The van der Waals surface area contributed by atoms with Crippen LogP contribution in [0.1, 0.15) is 5.56 Å². The van der Waals surface area contributed by atoms with Crippen LogP contribution in [0.25, 0.3) is 0 Å². The predicted octanol–water partition coefficient (Wildman–Crippen LogP) is 3.98. The number of halogens is 2. The van der Waals surface area contributed by atoms with Crippen molar-refractivity contribution in [2.45, 2.75) is 13.0 Å². The fraction of sp³-hybridized carbons (Fsp3) is 0.263. The lowest BCUT2D eigenvalue weighted by atomic mass is 10.1. The van der Waals surface area contributed by atoms with Crippen molar-refractivity contribution in [1.82, 2.24) is 0 Å². The molecule has 0 radical (unpaired) electrons. The van der Waals surface area contributed by atoms with Crippen molar-refractivity contribution in [2.24, 2.45) is 0 Å². The number of hydrogen-bond donors (Lipinski definition) is 1. The SMILES string of the molecule is Cc1ccc(NC(=O)N2CC(F)(F)Oc3ccccc32)cc1N1CCOC1=O. The van der Waals surface area contributed by atoms with E-state index in [0.717, 1.165) is 10.5 Å². The van der Waals surface area contributed by atoms with Gasteiger partial charge >= 0.3 is 18.2 Å². The Morgan fingerprint density at radius 2 is 1.96 bits per heavy atom. The number of ether oxygens (including phenoxy) is 2. The van der Waals surface area contributed by atoms with Crippen LogP contribution in [0.4, 0.5) is 35.4 Å². The van der Waals surface area contributed by atoms with E-state index in [4.69, 9.17) is 4.74 Å². The Labute approximate surface area is 159 Å². The summed E-state index contributed by atoms with van der Waals surface area (Å²) in [5.74, 6) is -0.0710. The van der Waals surface area contributed by atoms with E-state index >= 15 is 0 Å². The Kier molecular flexibility index (Phi) is 4.29. The minimum atomic E-state index is -3.50. The molecular formula is C19H17F2N3O4. The van der Waals surface area contributed by atoms with Gasteiger partial charge in [0.05, 0.1) is 17.9 Å². The van der Waals surface area contributed by atoms with Gasteiger partial charge in [0.15, 0.2) is 0 Å². The molecule has 1 saturated heterocycles. The molecule has 2 heterocycles. The number of carbonyl (C=O) groups is 2. The lowest BCUT2D eigenvalue weighted by molar-refractivity contribution is -0.170. The molecule has 2 aromatic rings. The number of nitrogens with one attached hydrogen (secondary N) is 1. The second-order valence-corrected chi connectivity index (χ2v) is 6.49. The van der Waals surface area contributed by atoms with Gasteiger partial charge in [-0.25, -0.2) is 9.59 Å². The third-order valence-electron chi connectivity index (χ3n) is 4.51. The molecule has 2 aromatic carbocycles. The minimum Gasteiger partial charge on any atom is -0.447 e. The number of benzene rings is 2. The van der Waals surface area contributed by atoms with Crippen LogP contribution in [-0.2, 0) is 4.74 Å². The summed E-state index contributed by atoms with van der Waals surface area (Å²) in [5, 5.41) is 2.62. The molecule has 2 aliphatic heterocycles. The van der Waals surface area contributed by atoms with Gasteiger partial charge in [-0.05, 0) is 36.8 Å². The van der Waals surface area contributed by atoms with Crippen molar-refractivity contribution in [3.8, 4) is 5.75 Å². The number of para-hydroxylation sites is 2. The first-order valence-corrected chi connectivity index (χ1v) is 8.63. The van der Waals surface area contributed by atoms with Crippen LogP contribution in [-0.4, -0.2) is 37.9 Å². The average Bonchev–Trinajstić information content (AvgIpc) is 3.07. The van der Waals surface area contributed by atoms with Crippen LogP contribution in [0, 0.1) is 6.92 Å². The van der Waals surface area contributed by atoms with Gasteiger partial charge in [0.25, 0.3) is 0 Å². The molecule has 2 aliphatic rings. The van der Waals surface area contributed by atoms with Crippen molar-refractivity contribution in [1.29, 1.82) is 0 Å². The standard InChI is InChI=1S/C19H17F2N3O4/c1-12-6-7-13(10-15(12)23-8-9-27-18(23)26)22-17(25)24-11-19(20,21)28-16-5-3-2-4-14(16)24/h2-7,10H,8-9,11H2,1H3,(H,22,25). The van der Waals surface area contributed by atoms with E-state index in [9.17, 15) is 18.4 Å². The Bertz CT molecular complexity index is 951. The summed E-state index contributed by atoms with van der Waals surface area (Å²) in [7, 11) is 0.